The third-order valence-corrected chi connectivity index (χ3v) is 2.81. The van der Waals surface area contributed by atoms with Crippen molar-refractivity contribution in [3.05, 3.63) is 0 Å². The first-order valence-electron chi connectivity index (χ1n) is 3.90. The summed E-state index contributed by atoms with van der Waals surface area (Å²) < 4.78 is 10.6. The van der Waals surface area contributed by atoms with Gasteiger partial charge in [-0.3, -0.25) is 0 Å². The molecule has 1 fully saturated rings. The van der Waals surface area contributed by atoms with Gasteiger partial charge in [-0.05, 0) is 12.8 Å². The van der Waals surface area contributed by atoms with Crippen molar-refractivity contribution in [2.45, 2.75) is 32.0 Å². The van der Waals surface area contributed by atoms with Gasteiger partial charge in [-0.1, -0.05) is 15.3 Å². The summed E-state index contributed by atoms with van der Waals surface area (Å²) in [6.07, 6.45) is 0.803. The van der Waals surface area contributed by atoms with E-state index in [1.807, 2.05) is 14.1 Å². The zero-order chi connectivity index (χ0) is 8.97. The van der Waals surface area contributed by atoms with Gasteiger partial charge in [0.25, 0.3) is 0 Å². The van der Waals surface area contributed by atoms with Crippen molar-refractivity contribution in [3.63, 3.8) is 0 Å². The van der Waals surface area contributed by atoms with Crippen LogP contribution < -0.4 is 0 Å². The van der Waals surface area contributed by atoms with Crippen molar-refractivity contribution >= 4 is 33.4 Å². The second kappa shape index (κ2) is 5.51. The molecule has 1 aliphatic heterocycles. The molecule has 0 amide bonds. The Kier molecular flexibility index (Phi) is 4.99. The maximum absolute atomic E-state index is 9.11. The normalized spacial score (nSPS) is 28.9. The molecule has 3 nitrogen and oxygen atoms in total. The fourth-order valence-electron chi connectivity index (χ4n) is 1.14. The Morgan fingerprint density at radius 1 is 1.75 bits per heavy atom. The van der Waals surface area contributed by atoms with Crippen LogP contribution in [0.4, 0.5) is 0 Å². The quantitative estimate of drug-likeness (QED) is 0.541. The molecule has 3 atom stereocenters. The van der Waals surface area contributed by atoms with E-state index >= 15 is 0 Å². The first kappa shape index (κ1) is 10.9. The fourth-order valence-corrected chi connectivity index (χ4v) is 1.52. The molecule has 0 aromatic carbocycles. The number of ether oxygens (including phenoxy) is 1. The average molecular weight is 205 g/mol. The van der Waals surface area contributed by atoms with E-state index < -0.39 is 6.40 Å². The molecule has 0 saturated carbocycles. The van der Waals surface area contributed by atoms with Gasteiger partial charge in [-0.25, -0.2) is 0 Å². The second-order valence-electron chi connectivity index (χ2n) is 2.59. The van der Waals surface area contributed by atoms with Crippen LogP contribution in [0.5, 0.6) is 0 Å². The van der Waals surface area contributed by atoms with Crippen LogP contribution in [-0.2, 0) is 9.39 Å². The van der Waals surface area contributed by atoms with Crippen LogP contribution in [0.1, 0.15) is 12.8 Å². The molecule has 1 saturated heterocycles. The Morgan fingerprint density at radius 2 is 2.50 bits per heavy atom. The van der Waals surface area contributed by atoms with Crippen LogP contribution in [0.15, 0.2) is 0 Å². The number of rotatable bonds is 4. The summed E-state index contributed by atoms with van der Waals surface area (Å²) >= 11 is 1.18. The van der Waals surface area contributed by atoms with Gasteiger partial charge >= 0.3 is 6.40 Å². The molecular weight excluding hydrogens is 193 g/mol. The highest BCUT2D eigenvalue weighted by atomic mass is 32.7. The monoisotopic (exact) mass is 205 g/mol. The molecule has 7 heteroatoms. The molecule has 1 heterocycles. The molecule has 1 aliphatic rings. The van der Waals surface area contributed by atoms with Gasteiger partial charge < -0.3 is 14.4 Å². The van der Waals surface area contributed by atoms with E-state index in [-0.39, 0.29) is 12.3 Å². The van der Waals surface area contributed by atoms with Crippen LogP contribution >= 0.6 is 19.7 Å². The van der Waals surface area contributed by atoms with Crippen molar-refractivity contribution in [1.29, 1.82) is 0 Å². The summed E-state index contributed by atoms with van der Waals surface area (Å²) in [6, 6.07) is 0.191. The minimum atomic E-state index is -0.796. The summed E-state index contributed by atoms with van der Waals surface area (Å²) in [5, 5.41) is 9.11. The van der Waals surface area contributed by atoms with Gasteiger partial charge in [0.15, 0.2) is 0 Å². The zero-order valence-electron chi connectivity index (χ0n) is 6.97. The van der Waals surface area contributed by atoms with Crippen LogP contribution in [0.2, 0.25) is 6.82 Å². The minimum Gasteiger partial charge on any atom is -0.417 e. The zero-order valence-corrected chi connectivity index (χ0v) is 8.94. The molecule has 0 aromatic rings. The first-order valence-corrected chi connectivity index (χ1v) is 6.26. The highest BCUT2D eigenvalue weighted by molar-refractivity contribution is 8.58. The maximum Gasteiger partial charge on any atom is 0.534 e. The summed E-state index contributed by atoms with van der Waals surface area (Å²) in [5.74, 6) is 0. The molecule has 1 radical (unpaired) electrons. The van der Waals surface area contributed by atoms with Crippen molar-refractivity contribution < 1.29 is 14.4 Å². The molecule has 0 aliphatic carbocycles. The van der Waals surface area contributed by atoms with Crippen LogP contribution in [0, 0.1) is 0 Å². The summed E-state index contributed by atoms with van der Waals surface area (Å²) in [4.78, 5) is 0. The van der Waals surface area contributed by atoms with Crippen LogP contribution in [-0.4, -0.2) is 31.0 Å². The van der Waals surface area contributed by atoms with E-state index in [4.69, 9.17) is 14.4 Å². The molecule has 67 valence electrons. The number of hydrogen-bond donors (Lipinski definition) is 1. The van der Waals surface area contributed by atoms with Gasteiger partial charge in [0, 0.05) is 6.00 Å². The Balaban J connectivity index is 2.18. The largest absolute Gasteiger partial charge is 0.534 e. The fraction of sp³-hybridized carbons (Fsp3) is 1.00. The molecule has 3 unspecified atom stereocenters. The molecule has 1 N–H and O–H groups in total. The molecular formula is C5H12B2O3PS. The lowest BCUT2D eigenvalue weighted by molar-refractivity contribution is -0.0591. The third-order valence-electron chi connectivity index (χ3n) is 1.77. The van der Waals surface area contributed by atoms with Crippen LogP contribution in [0.3, 0.4) is 0 Å². The smallest absolute Gasteiger partial charge is 0.417 e. The Labute approximate surface area is 80.2 Å². The molecule has 0 spiro atoms. The molecule has 1 rings (SSSR count). The van der Waals surface area contributed by atoms with Gasteiger partial charge in [0.2, 0.25) is 0 Å². The van der Waals surface area contributed by atoms with E-state index in [1.165, 1.54) is 11.2 Å². The SMILES string of the molecule is C[B]C1CCC(OB(O)SP)O1. The predicted molar refractivity (Wildman–Crippen MR) is 55.9 cm³/mol. The lowest BCUT2D eigenvalue weighted by Gasteiger charge is -2.14. The van der Waals surface area contributed by atoms with Crippen LogP contribution in [0.25, 0.3) is 0 Å². The van der Waals surface area contributed by atoms with E-state index in [1.54, 1.807) is 0 Å². The summed E-state index contributed by atoms with van der Waals surface area (Å²) in [6.45, 7) is 1.97. The van der Waals surface area contributed by atoms with E-state index in [2.05, 4.69) is 8.44 Å². The number of hydrogen-bond acceptors (Lipinski definition) is 4. The van der Waals surface area contributed by atoms with Gasteiger partial charge in [-0.2, -0.15) is 0 Å². The van der Waals surface area contributed by atoms with E-state index in [9.17, 15) is 0 Å². The molecule has 0 bridgehead atoms. The Bertz CT molecular complexity index is 142. The minimum absolute atomic E-state index is 0.191. The highest BCUT2D eigenvalue weighted by Crippen LogP contribution is 2.23. The third kappa shape index (κ3) is 3.27. The van der Waals surface area contributed by atoms with Gasteiger partial charge in [-0.15, -0.1) is 11.2 Å². The lowest BCUT2D eigenvalue weighted by atomic mass is 9.74. The van der Waals surface area contributed by atoms with Crippen molar-refractivity contribution in [2.24, 2.45) is 0 Å². The molecule has 12 heavy (non-hydrogen) atoms. The predicted octanol–water partition coefficient (Wildman–Crippen LogP) is 0.718. The van der Waals surface area contributed by atoms with Crippen molar-refractivity contribution in [3.8, 4) is 0 Å². The van der Waals surface area contributed by atoms with Crippen molar-refractivity contribution in [2.75, 3.05) is 0 Å². The standard InChI is InChI=1S/C5H12B2O3PS/c1-6-4-2-3-5(9-4)10-7(8)12-11/h4-5,8H,2-3,11H2,1H3. The Morgan fingerprint density at radius 3 is 3.00 bits per heavy atom. The lowest BCUT2D eigenvalue weighted by Crippen LogP contribution is -2.24. The van der Waals surface area contributed by atoms with Gasteiger partial charge in [0.05, 0.1) is 0 Å². The van der Waals surface area contributed by atoms with Gasteiger partial charge in [0.1, 0.15) is 13.6 Å². The summed E-state index contributed by atoms with van der Waals surface area (Å²) in [7, 11) is 4.35. The highest BCUT2D eigenvalue weighted by Gasteiger charge is 2.28. The van der Waals surface area contributed by atoms with E-state index in [0.717, 1.165) is 12.8 Å². The first-order chi connectivity index (χ1) is 5.76. The summed E-state index contributed by atoms with van der Waals surface area (Å²) in [5.41, 5.74) is 0. The Hall–Kier alpha value is 0.790. The average Bonchev–Trinajstić information content (AvgIpc) is 2.52. The second-order valence-corrected chi connectivity index (χ2v) is 4.09. The maximum atomic E-state index is 9.11. The topological polar surface area (TPSA) is 38.7 Å². The van der Waals surface area contributed by atoms with Crippen molar-refractivity contribution in [1.82, 2.24) is 0 Å². The molecule has 0 aromatic heterocycles. The van der Waals surface area contributed by atoms with E-state index in [0.29, 0.717) is 0 Å².